The highest BCUT2D eigenvalue weighted by Crippen LogP contribution is 2.23. The first-order valence-corrected chi connectivity index (χ1v) is 7.91. The minimum Gasteiger partial charge on any atom is -0.428 e. The molecular formula is C16H19BrN2O4. The van der Waals surface area contributed by atoms with Gasteiger partial charge in [0.1, 0.15) is 11.6 Å². The van der Waals surface area contributed by atoms with Crippen LogP contribution in [-0.4, -0.2) is 28.8 Å². The maximum absolute atomic E-state index is 11.9. The van der Waals surface area contributed by atoms with Gasteiger partial charge in [0.25, 0.3) is 0 Å². The maximum Gasteiger partial charge on any atom is 0.516 e. The molecule has 1 heterocycles. The lowest BCUT2D eigenvalue weighted by Gasteiger charge is -2.19. The third kappa shape index (κ3) is 4.80. The molecule has 0 aliphatic heterocycles. The average Bonchev–Trinajstić information content (AvgIpc) is 2.78. The van der Waals surface area contributed by atoms with Crippen LogP contribution in [-0.2, 0) is 20.7 Å². The molecule has 2 aromatic rings. The van der Waals surface area contributed by atoms with Crippen molar-refractivity contribution in [1.29, 1.82) is 0 Å². The van der Waals surface area contributed by atoms with Gasteiger partial charge in [-0.25, -0.2) is 9.59 Å². The van der Waals surface area contributed by atoms with Crippen molar-refractivity contribution in [3.63, 3.8) is 0 Å². The number of hydrogen-bond acceptors (Lipinski definition) is 5. The molecule has 0 radical (unpaired) electrons. The number of benzene rings is 1. The Morgan fingerprint density at radius 2 is 2.04 bits per heavy atom. The molecule has 1 aromatic heterocycles. The Hall–Kier alpha value is -1.86. The molecule has 1 aromatic carbocycles. The zero-order chi connectivity index (χ0) is 17.2. The summed E-state index contributed by atoms with van der Waals surface area (Å²) >= 11 is 3.41. The maximum atomic E-state index is 11.9. The van der Waals surface area contributed by atoms with Crippen molar-refractivity contribution in [1.82, 2.24) is 4.98 Å². The van der Waals surface area contributed by atoms with E-state index in [-0.39, 0.29) is 6.42 Å². The second kappa shape index (κ2) is 6.72. The summed E-state index contributed by atoms with van der Waals surface area (Å²) in [6.45, 7) is 5.05. The molecule has 23 heavy (non-hydrogen) atoms. The molecular weight excluding hydrogens is 364 g/mol. The lowest BCUT2D eigenvalue weighted by Crippen LogP contribution is -2.37. The third-order valence-corrected chi connectivity index (χ3v) is 3.54. The first-order chi connectivity index (χ1) is 10.7. The third-order valence-electron chi connectivity index (χ3n) is 3.05. The standard InChI is InChI=1S/C16H19BrN2O4/c1-16(2,3)23-15(21)22-14(20)12(18)6-9-8-19-13-5-4-10(17)7-11(9)13/h4-5,7-8,12,19H,6,18H2,1-3H3/t12-/m0/s1. The first-order valence-electron chi connectivity index (χ1n) is 7.11. The Kier molecular flexibility index (Phi) is 5.11. The molecule has 0 bridgehead atoms. The molecule has 1 atom stereocenters. The number of aromatic amines is 1. The SMILES string of the molecule is CC(C)(C)OC(=O)OC(=O)[C@@H](N)Cc1c[nH]c2ccc(Br)cc12. The summed E-state index contributed by atoms with van der Waals surface area (Å²) in [5.41, 5.74) is 6.92. The Morgan fingerprint density at radius 1 is 1.35 bits per heavy atom. The van der Waals surface area contributed by atoms with Crippen LogP contribution < -0.4 is 5.73 Å². The molecule has 0 saturated carbocycles. The van der Waals surface area contributed by atoms with E-state index in [4.69, 9.17) is 10.5 Å². The highest BCUT2D eigenvalue weighted by molar-refractivity contribution is 9.10. The number of hydrogen-bond donors (Lipinski definition) is 2. The first kappa shape index (κ1) is 17.5. The van der Waals surface area contributed by atoms with Crippen molar-refractivity contribution < 1.29 is 19.1 Å². The number of ether oxygens (including phenoxy) is 2. The second-order valence-corrected chi connectivity index (χ2v) is 7.12. The van der Waals surface area contributed by atoms with Crippen molar-refractivity contribution in [3.05, 3.63) is 34.4 Å². The highest BCUT2D eigenvalue weighted by atomic mass is 79.9. The van der Waals surface area contributed by atoms with Crippen LogP contribution in [0, 0.1) is 0 Å². The molecule has 124 valence electrons. The molecule has 0 amide bonds. The van der Waals surface area contributed by atoms with Gasteiger partial charge in [-0.15, -0.1) is 0 Å². The summed E-state index contributed by atoms with van der Waals surface area (Å²) in [5, 5.41) is 0.958. The van der Waals surface area contributed by atoms with E-state index in [0.717, 1.165) is 20.9 Å². The van der Waals surface area contributed by atoms with Crippen molar-refractivity contribution in [2.45, 2.75) is 38.8 Å². The molecule has 6 nitrogen and oxygen atoms in total. The Labute approximate surface area is 142 Å². The number of nitrogens with one attached hydrogen (secondary N) is 1. The fraction of sp³-hybridized carbons (Fsp3) is 0.375. The van der Waals surface area contributed by atoms with E-state index in [2.05, 4.69) is 25.7 Å². The minimum atomic E-state index is -1.04. The zero-order valence-electron chi connectivity index (χ0n) is 13.2. The number of H-pyrrole nitrogens is 1. The van der Waals surface area contributed by atoms with E-state index in [9.17, 15) is 9.59 Å². The van der Waals surface area contributed by atoms with Gasteiger partial charge in [0.2, 0.25) is 0 Å². The van der Waals surface area contributed by atoms with E-state index >= 15 is 0 Å². The van der Waals surface area contributed by atoms with Gasteiger partial charge < -0.3 is 20.2 Å². The van der Waals surface area contributed by atoms with Crippen molar-refractivity contribution >= 4 is 39.0 Å². The summed E-state index contributed by atoms with van der Waals surface area (Å²) in [4.78, 5) is 26.5. The van der Waals surface area contributed by atoms with Gasteiger partial charge in [-0.1, -0.05) is 15.9 Å². The van der Waals surface area contributed by atoms with Crippen LogP contribution in [0.5, 0.6) is 0 Å². The van der Waals surface area contributed by atoms with E-state index in [1.165, 1.54) is 0 Å². The molecule has 2 rings (SSSR count). The van der Waals surface area contributed by atoms with Crippen LogP contribution in [0.3, 0.4) is 0 Å². The topological polar surface area (TPSA) is 94.4 Å². The van der Waals surface area contributed by atoms with Crippen LogP contribution in [0.4, 0.5) is 4.79 Å². The van der Waals surface area contributed by atoms with E-state index in [1.54, 1.807) is 27.0 Å². The fourth-order valence-electron chi connectivity index (χ4n) is 2.07. The monoisotopic (exact) mass is 382 g/mol. The predicted octanol–water partition coefficient (Wildman–Crippen LogP) is 3.28. The molecule has 0 aliphatic carbocycles. The smallest absolute Gasteiger partial charge is 0.428 e. The minimum absolute atomic E-state index is 0.248. The van der Waals surface area contributed by atoms with E-state index in [1.807, 2.05) is 18.2 Å². The van der Waals surface area contributed by atoms with Gasteiger partial charge in [0.05, 0.1) is 0 Å². The Bertz CT molecular complexity index is 733. The molecule has 0 spiro atoms. The molecule has 0 fully saturated rings. The number of fused-ring (bicyclic) bond motifs is 1. The summed E-state index contributed by atoms with van der Waals surface area (Å²) in [5.74, 6) is -0.816. The molecule has 0 unspecified atom stereocenters. The Morgan fingerprint density at radius 3 is 2.70 bits per heavy atom. The van der Waals surface area contributed by atoms with Gasteiger partial charge in [-0.2, -0.15) is 0 Å². The van der Waals surface area contributed by atoms with Gasteiger partial charge in [-0.3, -0.25) is 0 Å². The van der Waals surface area contributed by atoms with Crippen molar-refractivity contribution in [2.24, 2.45) is 5.73 Å². The lowest BCUT2D eigenvalue weighted by atomic mass is 10.1. The van der Waals surface area contributed by atoms with E-state index in [0.29, 0.717) is 0 Å². The summed E-state index contributed by atoms with van der Waals surface area (Å²) in [6.07, 6.45) is 0.995. The molecule has 0 saturated heterocycles. The van der Waals surface area contributed by atoms with Gasteiger partial charge in [0, 0.05) is 28.0 Å². The van der Waals surface area contributed by atoms with Crippen LogP contribution in [0.2, 0.25) is 0 Å². The fourth-order valence-corrected chi connectivity index (χ4v) is 2.43. The Balaban J connectivity index is 2.03. The number of nitrogens with two attached hydrogens (primary N) is 1. The predicted molar refractivity (Wildman–Crippen MR) is 90.0 cm³/mol. The van der Waals surface area contributed by atoms with Crippen LogP contribution in [0.15, 0.2) is 28.9 Å². The number of rotatable bonds is 3. The summed E-state index contributed by atoms with van der Waals surface area (Å²) in [7, 11) is 0. The van der Waals surface area contributed by atoms with Crippen molar-refractivity contribution in [2.75, 3.05) is 0 Å². The molecule has 7 heteroatoms. The number of aromatic nitrogens is 1. The number of esters is 1. The van der Waals surface area contributed by atoms with Crippen LogP contribution >= 0.6 is 15.9 Å². The molecule has 3 N–H and O–H groups in total. The number of carbonyl (C=O) groups is 2. The summed E-state index contributed by atoms with van der Waals surface area (Å²) in [6, 6.07) is 4.82. The largest absolute Gasteiger partial charge is 0.516 e. The number of halogens is 1. The van der Waals surface area contributed by atoms with Crippen LogP contribution in [0.1, 0.15) is 26.3 Å². The highest BCUT2D eigenvalue weighted by Gasteiger charge is 2.24. The quantitative estimate of drug-likeness (QED) is 0.627. The van der Waals surface area contributed by atoms with E-state index < -0.39 is 23.8 Å². The average molecular weight is 383 g/mol. The second-order valence-electron chi connectivity index (χ2n) is 6.20. The number of carbonyl (C=O) groups excluding carboxylic acids is 2. The van der Waals surface area contributed by atoms with Gasteiger partial charge in [0.15, 0.2) is 0 Å². The van der Waals surface area contributed by atoms with Gasteiger partial charge >= 0.3 is 12.1 Å². The normalized spacial score (nSPS) is 12.9. The zero-order valence-corrected chi connectivity index (χ0v) is 14.8. The summed E-state index contributed by atoms with van der Waals surface area (Å²) < 4.78 is 10.5. The van der Waals surface area contributed by atoms with Crippen LogP contribution in [0.25, 0.3) is 10.9 Å². The van der Waals surface area contributed by atoms with Crippen molar-refractivity contribution in [3.8, 4) is 0 Å². The lowest BCUT2D eigenvalue weighted by molar-refractivity contribution is -0.142. The van der Waals surface area contributed by atoms with Gasteiger partial charge in [-0.05, 0) is 44.5 Å². The molecule has 0 aliphatic rings.